The summed E-state index contributed by atoms with van der Waals surface area (Å²) in [7, 11) is 1.91. The zero-order chi connectivity index (χ0) is 20.9. The molecule has 5 nitrogen and oxygen atoms in total. The number of hydrogen-bond acceptors (Lipinski definition) is 4. The summed E-state index contributed by atoms with van der Waals surface area (Å²) < 4.78 is 15.0. The van der Waals surface area contributed by atoms with Crippen LogP contribution in [0.2, 0.25) is 0 Å². The maximum absolute atomic E-state index is 13.0. The summed E-state index contributed by atoms with van der Waals surface area (Å²) in [5.41, 5.74) is 3.24. The van der Waals surface area contributed by atoms with E-state index in [0.717, 1.165) is 22.1 Å². The topological polar surface area (TPSA) is 59.8 Å². The summed E-state index contributed by atoms with van der Waals surface area (Å²) in [6.45, 7) is 0. The predicted octanol–water partition coefficient (Wildman–Crippen LogP) is 5.17. The number of carbonyl (C=O) groups is 1. The molecule has 0 saturated heterocycles. The molecule has 0 fully saturated rings. The predicted molar refractivity (Wildman–Crippen MR) is 117 cm³/mol. The third-order valence-corrected chi connectivity index (χ3v) is 5.64. The standard InChI is InChI=1S/C23H19FN4OS/c1-28-21(26-27-23(28)30-15-16-7-11-19(24)12-8-16)17-9-13-20(14-10-17)25-22(29)18-5-3-2-4-6-18/h2-14H,15H2,1H3,(H,25,29). The normalized spacial score (nSPS) is 10.7. The molecule has 30 heavy (non-hydrogen) atoms. The molecule has 150 valence electrons. The lowest BCUT2D eigenvalue weighted by molar-refractivity contribution is 0.102. The molecule has 0 aliphatic heterocycles. The molecule has 0 bridgehead atoms. The first-order chi connectivity index (χ1) is 14.6. The Balaban J connectivity index is 1.43. The second-order valence-corrected chi connectivity index (χ2v) is 7.62. The molecule has 0 radical (unpaired) electrons. The molecule has 0 unspecified atom stereocenters. The van der Waals surface area contributed by atoms with E-state index in [9.17, 15) is 9.18 Å². The van der Waals surface area contributed by atoms with Crippen molar-refractivity contribution in [2.24, 2.45) is 7.05 Å². The maximum Gasteiger partial charge on any atom is 0.255 e. The highest BCUT2D eigenvalue weighted by Gasteiger charge is 2.12. The van der Waals surface area contributed by atoms with Gasteiger partial charge in [-0.25, -0.2) is 4.39 Å². The van der Waals surface area contributed by atoms with E-state index in [1.54, 1.807) is 36.0 Å². The van der Waals surface area contributed by atoms with E-state index in [1.165, 1.54) is 12.1 Å². The molecule has 0 atom stereocenters. The van der Waals surface area contributed by atoms with Crippen LogP contribution in [0.4, 0.5) is 10.1 Å². The van der Waals surface area contributed by atoms with Gasteiger partial charge in [0, 0.05) is 29.6 Å². The molecule has 0 aliphatic rings. The number of amides is 1. The van der Waals surface area contributed by atoms with Gasteiger partial charge in [0.05, 0.1) is 0 Å². The number of halogens is 1. The number of rotatable bonds is 6. The second-order valence-electron chi connectivity index (χ2n) is 6.68. The average molecular weight is 418 g/mol. The van der Waals surface area contributed by atoms with E-state index in [-0.39, 0.29) is 11.7 Å². The number of hydrogen-bond donors (Lipinski definition) is 1. The quantitative estimate of drug-likeness (QED) is 0.439. The van der Waals surface area contributed by atoms with E-state index >= 15 is 0 Å². The van der Waals surface area contributed by atoms with Crippen molar-refractivity contribution in [1.82, 2.24) is 14.8 Å². The number of benzene rings is 3. The number of carbonyl (C=O) groups excluding carboxylic acids is 1. The second kappa shape index (κ2) is 8.92. The zero-order valence-electron chi connectivity index (χ0n) is 16.2. The lowest BCUT2D eigenvalue weighted by Crippen LogP contribution is -2.11. The van der Waals surface area contributed by atoms with Crippen molar-refractivity contribution >= 4 is 23.4 Å². The van der Waals surface area contributed by atoms with Gasteiger partial charge in [0.25, 0.3) is 5.91 Å². The third-order valence-electron chi connectivity index (χ3n) is 4.55. The van der Waals surface area contributed by atoms with Crippen molar-refractivity contribution in [3.8, 4) is 11.4 Å². The van der Waals surface area contributed by atoms with Gasteiger partial charge in [0.2, 0.25) is 0 Å². The minimum Gasteiger partial charge on any atom is -0.322 e. The van der Waals surface area contributed by atoms with Crippen molar-refractivity contribution in [3.05, 3.63) is 95.8 Å². The fraction of sp³-hybridized carbons (Fsp3) is 0.0870. The zero-order valence-corrected chi connectivity index (χ0v) is 17.1. The van der Waals surface area contributed by atoms with Crippen LogP contribution in [0.5, 0.6) is 0 Å². The van der Waals surface area contributed by atoms with Gasteiger partial charge in [0.15, 0.2) is 11.0 Å². The average Bonchev–Trinajstić information content (AvgIpc) is 3.15. The van der Waals surface area contributed by atoms with Crippen molar-refractivity contribution < 1.29 is 9.18 Å². The Bertz CT molecular complexity index is 1140. The Morgan fingerprint density at radius 1 is 0.967 bits per heavy atom. The first-order valence-corrected chi connectivity index (χ1v) is 10.3. The minimum absolute atomic E-state index is 0.151. The molecular weight excluding hydrogens is 399 g/mol. The fourth-order valence-corrected chi connectivity index (χ4v) is 3.78. The van der Waals surface area contributed by atoms with Crippen molar-refractivity contribution in [3.63, 3.8) is 0 Å². The summed E-state index contributed by atoms with van der Waals surface area (Å²) in [5, 5.41) is 12.2. The number of nitrogens with one attached hydrogen (secondary N) is 1. The van der Waals surface area contributed by atoms with Crippen molar-refractivity contribution in [2.75, 3.05) is 5.32 Å². The molecule has 1 aromatic heterocycles. The van der Waals surface area contributed by atoms with Gasteiger partial charge in [-0.15, -0.1) is 10.2 Å². The molecule has 4 rings (SSSR count). The number of anilines is 1. The first-order valence-electron chi connectivity index (χ1n) is 9.33. The largest absolute Gasteiger partial charge is 0.322 e. The molecular formula is C23H19FN4OS. The molecule has 0 spiro atoms. The summed E-state index contributed by atoms with van der Waals surface area (Å²) in [4.78, 5) is 12.3. The Labute approximate surface area is 178 Å². The van der Waals surface area contributed by atoms with Crippen LogP contribution in [0.25, 0.3) is 11.4 Å². The number of thioether (sulfide) groups is 1. The van der Waals surface area contributed by atoms with Gasteiger partial charge in [-0.05, 0) is 54.1 Å². The summed E-state index contributed by atoms with van der Waals surface area (Å²) in [5.74, 6) is 1.02. The molecule has 4 aromatic rings. The van der Waals surface area contributed by atoms with Crippen LogP contribution in [0, 0.1) is 5.82 Å². The van der Waals surface area contributed by atoms with E-state index in [1.807, 2.05) is 54.1 Å². The van der Waals surface area contributed by atoms with Gasteiger partial charge in [-0.2, -0.15) is 0 Å². The fourth-order valence-electron chi connectivity index (χ4n) is 2.92. The Morgan fingerprint density at radius 2 is 1.67 bits per heavy atom. The van der Waals surface area contributed by atoms with E-state index in [4.69, 9.17) is 0 Å². The molecule has 1 amide bonds. The van der Waals surface area contributed by atoms with E-state index in [2.05, 4.69) is 15.5 Å². The van der Waals surface area contributed by atoms with Gasteiger partial charge < -0.3 is 9.88 Å². The minimum atomic E-state index is -0.243. The highest BCUT2D eigenvalue weighted by Crippen LogP contribution is 2.26. The molecule has 7 heteroatoms. The smallest absolute Gasteiger partial charge is 0.255 e. The Hall–Kier alpha value is -3.45. The summed E-state index contributed by atoms with van der Waals surface area (Å²) >= 11 is 1.54. The number of nitrogens with zero attached hydrogens (tertiary/aromatic N) is 3. The lowest BCUT2D eigenvalue weighted by Gasteiger charge is -2.07. The third kappa shape index (κ3) is 4.58. The Kier molecular flexibility index (Phi) is 5.90. The molecule has 0 saturated carbocycles. The molecule has 1 N–H and O–H groups in total. The van der Waals surface area contributed by atoms with Crippen molar-refractivity contribution in [2.45, 2.75) is 10.9 Å². The van der Waals surface area contributed by atoms with Crippen LogP contribution in [0.3, 0.4) is 0 Å². The van der Waals surface area contributed by atoms with Crippen LogP contribution in [0.15, 0.2) is 84.0 Å². The van der Waals surface area contributed by atoms with Gasteiger partial charge in [-0.3, -0.25) is 4.79 Å². The van der Waals surface area contributed by atoms with Crippen molar-refractivity contribution in [1.29, 1.82) is 0 Å². The summed E-state index contributed by atoms with van der Waals surface area (Å²) in [6, 6.07) is 23.0. The highest BCUT2D eigenvalue weighted by atomic mass is 32.2. The lowest BCUT2D eigenvalue weighted by atomic mass is 10.1. The summed E-state index contributed by atoms with van der Waals surface area (Å²) in [6.07, 6.45) is 0. The van der Waals surface area contributed by atoms with Crippen LogP contribution in [0.1, 0.15) is 15.9 Å². The van der Waals surface area contributed by atoms with Gasteiger partial charge in [0.1, 0.15) is 5.82 Å². The van der Waals surface area contributed by atoms with Gasteiger partial charge in [-0.1, -0.05) is 42.1 Å². The van der Waals surface area contributed by atoms with Crippen LogP contribution in [-0.2, 0) is 12.8 Å². The Morgan fingerprint density at radius 3 is 2.37 bits per heavy atom. The SMILES string of the molecule is Cn1c(SCc2ccc(F)cc2)nnc1-c1ccc(NC(=O)c2ccccc2)cc1. The van der Waals surface area contributed by atoms with E-state index in [0.29, 0.717) is 17.0 Å². The first kappa shape index (κ1) is 19.8. The van der Waals surface area contributed by atoms with E-state index < -0.39 is 0 Å². The van der Waals surface area contributed by atoms with Crippen LogP contribution < -0.4 is 5.32 Å². The molecule has 3 aromatic carbocycles. The van der Waals surface area contributed by atoms with Crippen LogP contribution >= 0.6 is 11.8 Å². The maximum atomic E-state index is 13.0. The molecule has 0 aliphatic carbocycles. The molecule has 1 heterocycles. The van der Waals surface area contributed by atoms with Gasteiger partial charge >= 0.3 is 0 Å². The number of aromatic nitrogens is 3. The van der Waals surface area contributed by atoms with Crippen LogP contribution in [-0.4, -0.2) is 20.7 Å². The monoisotopic (exact) mass is 418 g/mol. The highest BCUT2D eigenvalue weighted by molar-refractivity contribution is 7.98.